The first-order chi connectivity index (χ1) is 12.2. The van der Waals surface area contributed by atoms with E-state index in [0.29, 0.717) is 16.4 Å². The number of aromatic nitrogens is 2. The van der Waals surface area contributed by atoms with E-state index in [9.17, 15) is 18.0 Å². The lowest BCUT2D eigenvalue weighted by Gasteiger charge is -2.10. The molecular formula is C17H16Cl2F3N3O. The Kier molecular flexibility index (Phi) is 5.21. The van der Waals surface area contributed by atoms with Crippen molar-refractivity contribution in [1.82, 2.24) is 9.78 Å². The molecule has 0 aliphatic heterocycles. The lowest BCUT2D eigenvalue weighted by molar-refractivity contribution is -0.141. The third-order valence-electron chi connectivity index (χ3n) is 4.19. The van der Waals surface area contributed by atoms with Crippen LogP contribution >= 0.6 is 23.2 Å². The number of nitrogens with zero attached hydrogens (tertiary/aromatic N) is 2. The Bertz CT molecular complexity index is 845. The number of aryl methyl sites for hydroxylation is 2. The predicted molar refractivity (Wildman–Crippen MR) is 93.6 cm³/mol. The number of benzene rings is 1. The molecule has 1 aliphatic rings. The van der Waals surface area contributed by atoms with Crippen molar-refractivity contribution >= 4 is 34.8 Å². The molecule has 140 valence electrons. The van der Waals surface area contributed by atoms with Crippen molar-refractivity contribution < 1.29 is 18.0 Å². The van der Waals surface area contributed by atoms with Crippen molar-refractivity contribution in [3.63, 3.8) is 0 Å². The van der Waals surface area contributed by atoms with Crippen LogP contribution in [-0.2, 0) is 17.5 Å². The van der Waals surface area contributed by atoms with Crippen molar-refractivity contribution in [3.05, 3.63) is 45.2 Å². The average Bonchev–Trinajstić information content (AvgIpc) is 3.31. The highest BCUT2D eigenvalue weighted by Gasteiger charge is 2.42. The largest absolute Gasteiger partial charge is 0.436 e. The Balaban J connectivity index is 1.73. The highest BCUT2D eigenvalue weighted by Crippen LogP contribution is 2.46. The van der Waals surface area contributed by atoms with Crippen molar-refractivity contribution in [1.29, 1.82) is 0 Å². The molecular weight excluding hydrogens is 390 g/mol. The molecule has 0 radical (unpaired) electrons. The highest BCUT2D eigenvalue weighted by molar-refractivity contribution is 6.32. The SMILES string of the molecule is Cc1ccc(Cl)cc1NC(=O)CCn1nc(C(F)(F)F)c(Cl)c1C1CC1. The van der Waals surface area contributed by atoms with E-state index in [1.807, 2.05) is 6.92 Å². The topological polar surface area (TPSA) is 46.9 Å². The maximum atomic E-state index is 13.0. The van der Waals surface area contributed by atoms with Gasteiger partial charge in [-0.05, 0) is 37.5 Å². The molecule has 3 rings (SSSR count). The average molecular weight is 406 g/mol. The van der Waals surface area contributed by atoms with Gasteiger partial charge in [0.05, 0.1) is 17.3 Å². The van der Waals surface area contributed by atoms with Crippen molar-refractivity contribution in [3.8, 4) is 0 Å². The number of carbonyl (C=O) groups excluding carboxylic acids is 1. The van der Waals surface area contributed by atoms with Crippen molar-refractivity contribution in [2.45, 2.75) is 44.8 Å². The lowest BCUT2D eigenvalue weighted by Crippen LogP contribution is -2.17. The van der Waals surface area contributed by atoms with Crippen LogP contribution in [0.1, 0.15) is 42.1 Å². The molecule has 1 amide bonds. The van der Waals surface area contributed by atoms with E-state index in [1.165, 1.54) is 4.68 Å². The minimum Gasteiger partial charge on any atom is -0.326 e. The van der Waals surface area contributed by atoms with Crippen molar-refractivity contribution in [2.24, 2.45) is 0 Å². The fourth-order valence-electron chi connectivity index (χ4n) is 2.70. The van der Waals surface area contributed by atoms with E-state index in [1.54, 1.807) is 18.2 Å². The summed E-state index contributed by atoms with van der Waals surface area (Å²) in [4.78, 5) is 12.2. The summed E-state index contributed by atoms with van der Waals surface area (Å²) in [5.74, 6) is -0.360. The number of halogens is 5. The van der Waals surface area contributed by atoms with Crippen LogP contribution in [0.15, 0.2) is 18.2 Å². The van der Waals surface area contributed by atoms with Gasteiger partial charge in [0.15, 0.2) is 5.69 Å². The molecule has 26 heavy (non-hydrogen) atoms. The number of rotatable bonds is 5. The van der Waals surface area contributed by atoms with Gasteiger partial charge in [0.1, 0.15) is 0 Å². The van der Waals surface area contributed by atoms with Crippen molar-refractivity contribution in [2.75, 3.05) is 5.32 Å². The van der Waals surface area contributed by atoms with Gasteiger partial charge in [0.2, 0.25) is 5.91 Å². The molecule has 1 aromatic carbocycles. The maximum Gasteiger partial charge on any atom is 0.436 e. The van der Waals surface area contributed by atoms with Crippen LogP contribution in [0.5, 0.6) is 0 Å². The third kappa shape index (κ3) is 4.15. The summed E-state index contributed by atoms with van der Waals surface area (Å²) >= 11 is 11.8. The van der Waals surface area contributed by atoms with E-state index < -0.39 is 11.9 Å². The first kappa shape index (κ1) is 19.0. The summed E-state index contributed by atoms with van der Waals surface area (Å²) in [7, 11) is 0. The fraction of sp³-hybridized carbons (Fsp3) is 0.412. The molecule has 0 bridgehead atoms. The molecule has 1 saturated carbocycles. The molecule has 9 heteroatoms. The van der Waals surface area contributed by atoms with Crippen LogP contribution in [0.4, 0.5) is 18.9 Å². The first-order valence-corrected chi connectivity index (χ1v) is 8.82. The Morgan fingerprint density at radius 1 is 1.35 bits per heavy atom. The normalized spacial score (nSPS) is 14.5. The summed E-state index contributed by atoms with van der Waals surface area (Å²) < 4.78 is 40.3. The van der Waals surface area contributed by atoms with E-state index >= 15 is 0 Å². The Morgan fingerprint density at radius 2 is 2.04 bits per heavy atom. The zero-order chi connectivity index (χ0) is 19.1. The molecule has 1 aromatic heterocycles. The second kappa shape index (κ2) is 7.12. The minimum atomic E-state index is -4.62. The zero-order valence-electron chi connectivity index (χ0n) is 13.8. The summed E-state index contributed by atoms with van der Waals surface area (Å²) in [6.07, 6.45) is -3.10. The maximum absolute atomic E-state index is 13.0. The molecule has 0 saturated heterocycles. The van der Waals surface area contributed by atoms with Crippen LogP contribution in [0.3, 0.4) is 0 Å². The van der Waals surface area contributed by atoms with E-state index in [-0.39, 0.29) is 29.8 Å². The van der Waals surface area contributed by atoms with Crippen LogP contribution in [0.25, 0.3) is 0 Å². The predicted octanol–water partition coefficient (Wildman–Crippen LogP) is 5.42. The van der Waals surface area contributed by atoms with E-state index in [4.69, 9.17) is 23.2 Å². The summed E-state index contributed by atoms with van der Waals surface area (Å²) in [6, 6.07) is 5.10. The molecule has 1 N–H and O–H groups in total. The number of nitrogens with one attached hydrogen (secondary N) is 1. The van der Waals surface area contributed by atoms with Gasteiger partial charge in [-0.2, -0.15) is 18.3 Å². The third-order valence-corrected chi connectivity index (χ3v) is 4.80. The molecule has 4 nitrogen and oxygen atoms in total. The second-order valence-electron chi connectivity index (χ2n) is 6.30. The monoisotopic (exact) mass is 405 g/mol. The standard InChI is InChI=1S/C17H16Cl2F3N3O/c1-9-2-5-11(18)8-12(9)23-13(26)6-7-25-15(10-3-4-10)14(19)16(24-25)17(20,21)22/h2,5,8,10H,3-4,6-7H2,1H3,(H,23,26). The van der Waals surface area contributed by atoms with Gasteiger partial charge < -0.3 is 5.32 Å². The molecule has 1 fully saturated rings. The van der Waals surface area contributed by atoms with Gasteiger partial charge in [0.25, 0.3) is 0 Å². The summed E-state index contributed by atoms with van der Waals surface area (Å²) in [6.45, 7) is 1.84. The number of hydrogen-bond acceptors (Lipinski definition) is 2. The fourth-order valence-corrected chi connectivity index (χ4v) is 3.27. The highest BCUT2D eigenvalue weighted by atomic mass is 35.5. The summed E-state index contributed by atoms with van der Waals surface area (Å²) in [5, 5.41) is 6.46. The van der Waals surface area contributed by atoms with Crippen LogP contribution in [-0.4, -0.2) is 15.7 Å². The van der Waals surface area contributed by atoms with Crippen LogP contribution in [0.2, 0.25) is 10.0 Å². The van der Waals surface area contributed by atoms with E-state index in [2.05, 4.69) is 10.4 Å². The number of carbonyl (C=O) groups is 1. The quantitative estimate of drug-likeness (QED) is 0.721. The van der Waals surface area contributed by atoms with Gasteiger partial charge in [0, 0.05) is 23.0 Å². The summed E-state index contributed by atoms with van der Waals surface area (Å²) in [5.41, 5.74) is 0.681. The second-order valence-corrected chi connectivity index (χ2v) is 7.11. The van der Waals surface area contributed by atoms with Crippen LogP contribution in [0, 0.1) is 6.92 Å². The van der Waals surface area contributed by atoms with Gasteiger partial charge >= 0.3 is 6.18 Å². The van der Waals surface area contributed by atoms with Gasteiger partial charge in [-0.15, -0.1) is 0 Å². The number of amides is 1. The van der Waals surface area contributed by atoms with E-state index in [0.717, 1.165) is 18.4 Å². The van der Waals surface area contributed by atoms with Gasteiger partial charge in [-0.3, -0.25) is 9.48 Å². The first-order valence-electron chi connectivity index (χ1n) is 8.06. The minimum absolute atomic E-state index is 0.0209. The molecule has 0 unspecified atom stereocenters. The molecule has 1 aliphatic carbocycles. The number of alkyl halides is 3. The molecule has 2 aromatic rings. The molecule has 1 heterocycles. The number of hydrogen-bond donors (Lipinski definition) is 1. The molecule has 0 atom stereocenters. The van der Waals surface area contributed by atoms with Crippen LogP contribution < -0.4 is 5.32 Å². The van der Waals surface area contributed by atoms with Gasteiger partial charge in [-0.25, -0.2) is 0 Å². The zero-order valence-corrected chi connectivity index (χ0v) is 15.3. The smallest absolute Gasteiger partial charge is 0.326 e. The molecule has 0 spiro atoms. The lowest BCUT2D eigenvalue weighted by atomic mass is 10.2. The Morgan fingerprint density at radius 3 is 2.65 bits per heavy atom. The van der Waals surface area contributed by atoms with Gasteiger partial charge in [-0.1, -0.05) is 29.3 Å². The Hall–Kier alpha value is -1.73. The Labute approximate surface area is 158 Å². The number of anilines is 1.